The molecule has 1 fully saturated rings. The van der Waals surface area contributed by atoms with Gasteiger partial charge in [0.1, 0.15) is 5.75 Å². The Morgan fingerprint density at radius 3 is 2.65 bits per heavy atom. The third-order valence-electron chi connectivity index (χ3n) is 4.00. The number of carbonyl (C=O) groups is 2. The molecule has 2 N–H and O–H groups in total. The normalized spacial score (nSPS) is 21.9. The van der Waals surface area contributed by atoms with Crippen molar-refractivity contribution in [1.82, 2.24) is 5.32 Å². The molecule has 0 radical (unpaired) electrons. The van der Waals surface area contributed by atoms with Crippen LogP contribution in [-0.4, -0.2) is 41.8 Å². The Hall–Kier alpha value is -2.08. The average molecular weight is 321 g/mol. The quantitative estimate of drug-likeness (QED) is 0.836. The molecule has 2 rings (SSSR count). The standard InChI is InChI=1S/C17H23NO5/c1-11(2)13-5-4-6-14(9-13)23-12(3)15(19)18-17(16(20)21)7-8-22-10-17/h4-6,9,11-12H,7-8,10H2,1-3H3,(H,18,19)(H,20,21). The average Bonchev–Trinajstić information content (AvgIpc) is 2.97. The second-order valence-corrected chi connectivity index (χ2v) is 6.17. The van der Waals surface area contributed by atoms with Crippen molar-refractivity contribution in [3.05, 3.63) is 29.8 Å². The molecule has 0 aliphatic carbocycles. The summed E-state index contributed by atoms with van der Waals surface area (Å²) in [6.07, 6.45) is -0.543. The molecule has 1 aliphatic heterocycles. The maximum Gasteiger partial charge on any atom is 0.331 e. The first kappa shape index (κ1) is 17.3. The highest BCUT2D eigenvalue weighted by Gasteiger charge is 2.44. The molecule has 0 saturated carbocycles. The van der Waals surface area contributed by atoms with Crippen molar-refractivity contribution < 1.29 is 24.2 Å². The van der Waals surface area contributed by atoms with E-state index in [-0.39, 0.29) is 13.0 Å². The van der Waals surface area contributed by atoms with Gasteiger partial charge in [-0.15, -0.1) is 0 Å². The molecule has 1 aromatic rings. The topological polar surface area (TPSA) is 84.9 Å². The molecule has 1 aliphatic rings. The zero-order valence-electron chi connectivity index (χ0n) is 13.7. The Balaban J connectivity index is 2.02. The Morgan fingerprint density at radius 2 is 2.09 bits per heavy atom. The minimum Gasteiger partial charge on any atom is -0.481 e. The minimum atomic E-state index is -1.35. The van der Waals surface area contributed by atoms with Crippen LogP contribution in [-0.2, 0) is 14.3 Å². The van der Waals surface area contributed by atoms with Gasteiger partial charge in [-0.1, -0.05) is 26.0 Å². The summed E-state index contributed by atoms with van der Waals surface area (Å²) in [6, 6.07) is 7.54. The van der Waals surface area contributed by atoms with Gasteiger partial charge in [0.05, 0.1) is 6.61 Å². The number of carboxylic acids is 1. The van der Waals surface area contributed by atoms with Gasteiger partial charge in [-0.25, -0.2) is 4.79 Å². The highest BCUT2D eigenvalue weighted by molar-refractivity contribution is 5.89. The van der Waals surface area contributed by atoms with E-state index >= 15 is 0 Å². The van der Waals surface area contributed by atoms with Gasteiger partial charge in [0.25, 0.3) is 5.91 Å². The second kappa shape index (κ2) is 7.00. The van der Waals surface area contributed by atoms with Crippen LogP contribution in [0.5, 0.6) is 5.75 Å². The highest BCUT2D eigenvalue weighted by Crippen LogP contribution is 2.22. The molecule has 0 bridgehead atoms. The first-order valence-electron chi connectivity index (χ1n) is 7.74. The lowest BCUT2D eigenvalue weighted by molar-refractivity contribution is -0.148. The van der Waals surface area contributed by atoms with Crippen LogP contribution < -0.4 is 10.1 Å². The van der Waals surface area contributed by atoms with Gasteiger partial charge in [0.2, 0.25) is 0 Å². The van der Waals surface area contributed by atoms with E-state index in [0.29, 0.717) is 18.3 Å². The van der Waals surface area contributed by atoms with Gasteiger partial charge >= 0.3 is 5.97 Å². The van der Waals surface area contributed by atoms with Crippen molar-refractivity contribution in [2.24, 2.45) is 0 Å². The maximum absolute atomic E-state index is 12.3. The number of carboxylic acid groups (broad SMARTS) is 1. The van der Waals surface area contributed by atoms with Crippen molar-refractivity contribution in [2.75, 3.05) is 13.2 Å². The van der Waals surface area contributed by atoms with Crippen molar-refractivity contribution in [3.63, 3.8) is 0 Å². The number of hydrogen-bond donors (Lipinski definition) is 2. The summed E-state index contributed by atoms with van der Waals surface area (Å²) in [5.41, 5.74) is -0.240. The summed E-state index contributed by atoms with van der Waals surface area (Å²) in [4.78, 5) is 23.7. The highest BCUT2D eigenvalue weighted by atomic mass is 16.5. The van der Waals surface area contributed by atoms with E-state index in [1.165, 1.54) is 0 Å². The first-order chi connectivity index (χ1) is 10.8. The summed E-state index contributed by atoms with van der Waals surface area (Å²) in [5.74, 6) is -0.607. The van der Waals surface area contributed by atoms with Crippen LogP contribution in [0.1, 0.15) is 38.7 Å². The number of benzene rings is 1. The van der Waals surface area contributed by atoms with Crippen LogP contribution in [0.2, 0.25) is 0 Å². The molecule has 0 spiro atoms. The summed E-state index contributed by atoms with van der Waals surface area (Å²) in [7, 11) is 0. The van der Waals surface area contributed by atoms with Gasteiger partial charge in [0.15, 0.2) is 11.6 Å². The molecule has 126 valence electrons. The van der Waals surface area contributed by atoms with Crippen molar-refractivity contribution in [1.29, 1.82) is 0 Å². The molecule has 6 nitrogen and oxygen atoms in total. The monoisotopic (exact) mass is 321 g/mol. The Bertz CT molecular complexity index is 578. The van der Waals surface area contributed by atoms with Gasteiger partial charge in [-0.3, -0.25) is 4.79 Å². The van der Waals surface area contributed by atoms with E-state index in [1.54, 1.807) is 13.0 Å². The Morgan fingerprint density at radius 1 is 1.35 bits per heavy atom. The van der Waals surface area contributed by atoms with Crippen molar-refractivity contribution >= 4 is 11.9 Å². The Labute approximate surface area is 135 Å². The van der Waals surface area contributed by atoms with Gasteiger partial charge in [-0.05, 0) is 30.5 Å². The molecule has 23 heavy (non-hydrogen) atoms. The lowest BCUT2D eigenvalue weighted by Gasteiger charge is -2.26. The SMILES string of the molecule is CC(Oc1cccc(C(C)C)c1)C(=O)NC1(C(=O)O)CCOC1. The summed E-state index contributed by atoms with van der Waals surface area (Å²) >= 11 is 0. The van der Waals surface area contributed by atoms with E-state index in [0.717, 1.165) is 5.56 Å². The van der Waals surface area contributed by atoms with Crippen molar-refractivity contribution in [3.8, 4) is 5.75 Å². The number of ether oxygens (including phenoxy) is 2. The first-order valence-corrected chi connectivity index (χ1v) is 7.74. The third kappa shape index (κ3) is 4.01. The predicted molar refractivity (Wildman–Crippen MR) is 84.6 cm³/mol. The fourth-order valence-electron chi connectivity index (χ4n) is 2.43. The molecule has 1 saturated heterocycles. The van der Waals surface area contributed by atoms with E-state index in [9.17, 15) is 14.7 Å². The van der Waals surface area contributed by atoms with Gasteiger partial charge in [-0.2, -0.15) is 0 Å². The van der Waals surface area contributed by atoms with Crippen LogP contribution in [0, 0.1) is 0 Å². The number of rotatable bonds is 6. The lowest BCUT2D eigenvalue weighted by Crippen LogP contribution is -2.57. The van der Waals surface area contributed by atoms with E-state index < -0.39 is 23.5 Å². The number of nitrogens with one attached hydrogen (secondary N) is 1. The molecule has 6 heteroatoms. The van der Waals surface area contributed by atoms with Crippen LogP contribution in [0.25, 0.3) is 0 Å². The molecule has 1 amide bonds. The summed E-state index contributed by atoms with van der Waals surface area (Å²) in [6.45, 7) is 6.04. The predicted octanol–water partition coefficient (Wildman–Crippen LogP) is 1.94. The molecule has 2 unspecified atom stereocenters. The molecule has 1 heterocycles. The number of hydrogen-bond acceptors (Lipinski definition) is 4. The van der Waals surface area contributed by atoms with Crippen LogP contribution in [0.15, 0.2) is 24.3 Å². The zero-order chi connectivity index (χ0) is 17.0. The smallest absolute Gasteiger partial charge is 0.331 e. The largest absolute Gasteiger partial charge is 0.481 e. The maximum atomic E-state index is 12.3. The summed E-state index contributed by atoms with van der Waals surface area (Å²) < 4.78 is 10.8. The van der Waals surface area contributed by atoms with E-state index in [4.69, 9.17) is 9.47 Å². The van der Waals surface area contributed by atoms with Crippen molar-refractivity contribution in [2.45, 2.75) is 44.8 Å². The van der Waals surface area contributed by atoms with Crippen LogP contribution in [0.3, 0.4) is 0 Å². The Kier molecular flexibility index (Phi) is 5.26. The van der Waals surface area contributed by atoms with E-state index in [1.807, 2.05) is 18.2 Å². The minimum absolute atomic E-state index is 0.0242. The zero-order valence-corrected chi connectivity index (χ0v) is 13.7. The fourth-order valence-corrected chi connectivity index (χ4v) is 2.43. The van der Waals surface area contributed by atoms with Gasteiger partial charge in [0, 0.05) is 13.0 Å². The number of aliphatic carboxylic acids is 1. The fraction of sp³-hybridized carbons (Fsp3) is 0.529. The van der Waals surface area contributed by atoms with Gasteiger partial charge < -0.3 is 19.9 Å². The molecular weight excluding hydrogens is 298 g/mol. The summed E-state index contributed by atoms with van der Waals surface area (Å²) in [5, 5.41) is 11.9. The second-order valence-electron chi connectivity index (χ2n) is 6.17. The molecule has 0 aromatic heterocycles. The lowest BCUT2D eigenvalue weighted by atomic mass is 9.98. The molecular formula is C17H23NO5. The van der Waals surface area contributed by atoms with Crippen LogP contribution in [0.4, 0.5) is 0 Å². The van der Waals surface area contributed by atoms with E-state index in [2.05, 4.69) is 19.2 Å². The number of amides is 1. The molecule has 2 atom stereocenters. The number of carbonyl (C=O) groups excluding carboxylic acids is 1. The third-order valence-corrected chi connectivity index (χ3v) is 4.00. The van der Waals surface area contributed by atoms with Crippen LogP contribution >= 0.6 is 0 Å². The molecule has 1 aromatic carbocycles.